The van der Waals surface area contributed by atoms with Crippen molar-refractivity contribution in [1.29, 1.82) is 0 Å². The molecule has 3 N–H and O–H groups in total. The van der Waals surface area contributed by atoms with E-state index in [0.717, 1.165) is 48.1 Å². The highest BCUT2D eigenvalue weighted by Crippen LogP contribution is 2.25. The van der Waals surface area contributed by atoms with Gasteiger partial charge in [0.15, 0.2) is 0 Å². The molecule has 1 aliphatic rings. The van der Waals surface area contributed by atoms with Crippen molar-refractivity contribution < 1.29 is 21.6 Å². The van der Waals surface area contributed by atoms with Gasteiger partial charge in [-0.25, -0.2) is 16.8 Å². The fourth-order valence-corrected chi connectivity index (χ4v) is 6.46. The number of carbonyl (C=O) groups excluding carboxylic acids is 1. The molecule has 0 saturated heterocycles. The Morgan fingerprint density at radius 1 is 0.844 bits per heavy atom. The highest BCUT2D eigenvalue weighted by atomic mass is 32.2. The van der Waals surface area contributed by atoms with Crippen molar-refractivity contribution in [3.63, 3.8) is 0 Å². The second kappa shape index (κ2) is 9.02. The summed E-state index contributed by atoms with van der Waals surface area (Å²) >= 11 is 1.04. The SMILES string of the molecule is O=C(NNS(=O)(=O)c1ccc2c(c1)CCCC2)c1ccccc1NS(=O)(=O)c1cccs1. The summed E-state index contributed by atoms with van der Waals surface area (Å²) in [6, 6.07) is 14.0. The van der Waals surface area contributed by atoms with Crippen LogP contribution in [0.1, 0.15) is 34.3 Å². The highest BCUT2D eigenvalue weighted by Gasteiger charge is 2.22. The predicted molar refractivity (Wildman–Crippen MR) is 122 cm³/mol. The van der Waals surface area contributed by atoms with Gasteiger partial charge in [0, 0.05) is 0 Å². The first-order valence-corrected chi connectivity index (χ1v) is 13.7. The Hall–Kier alpha value is -2.73. The van der Waals surface area contributed by atoms with Gasteiger partial charge in [0.05, 0.1) is 16.1 Å². The van der Waals surface area contributed by atoms with Gasteiger partial charge in [0.25, 0.3) is 26.0 Å². The number of benzene rings is 2. The Balaban J connectivity index is 1.50. The third kappa shape index (κ3) is 4.85. The molecule has 1 aromatic heterocycles. The standard InChI is InChI=1S/C21H21N3O5S3/c25-21(18-8-3-4-9-19(18)23-32(28,29)20-10-5-13-30-20)22-24-31(26,27)17-12-11-15-6-1-2-7-16(15)14-17/h3-5,8-14,23-24H,1-2,6-7H2,(H,22,25). The van der Waals surface area contributed by atoms with E-state index >= 15 is 0 Å². The maximum absolute atomic E-state index is 12.7. The van der Waals surface area contributed by atoms with Crippen LogP contribution in [0.3, 0.4) is 0 Å². The van der Waals surface area contributed by atoms with Gasteiger partial charge in [-0.05, 0) is 72.5 Å². The number of aryl methyl sites for hydroxylation is 2. The van der Waals surface area contributed by atoms with Crippen molar-refractivity contribution in [2.24, 2.45) is 0 Å². The van der Waals surface area contributed by atoms with Crippen LogP contribution in [0.4, 0.5) is 5.69 Å². The Morgan fingerprint density at radius 2 is 1.59 bits per heavy atom. The summed E-state index contributed by atoms with van der Waals surface area (Å²) in [4.78, 5) is 14.8. The van der Waals surface area contributed by atoms with Crippen molar-refractivity contribution in [1.82, 2.24) is 10.3 Å². The molecule has 1 aliphatic carbocycles. The van der Waals surface area contributed by atoms with E-state index in [-0.39, 0.29) is 20.4 Å². The number of nitrogens with one attached hydrogen (secondary N) is 3. The summed E-state index contributed by atoms with van der Waals surface area (Å²) in [5.41, 5.74) is 4.32. The molecule has 168 valence electrons. The van der Waals surface area contributed by atoms with E-state index in [4.69, 9.17) is 0 Å². The van der Waals surface area contributed by atoms with Crippen molar-refractivity contribution in [2.75, 3.05) is 4.72 Å². The van der Waals surface area contributed by atoms with Gasteiger partial charge < -0.3 is 0 Å². The van der Waals surface area contributed by atoms with E-state index in [2.05, 4.69) is 15.0 Å². The lowest BCUT2D eigenvalue weighted by molar-refractivity contribution is 0.0946. The van der Waals surface area contributed by atoms with E-state index in [1.807, 2.05) is 0 Å². The number of amides is 1. The molecule has 32 heavy (non-hydrogen) atoms. The largest absolute Gasteiger partial charge is 0.278 e. The molecule has 0 bridgehead atoms. The summed E-state index contributed by atoms with van der Waals surface area (Å²) in [5.74, 6) is -0.795. The van der Waals surface area contributed by atoms with Gasteiger partial charge in [-0.2, -0.15) is 0 Å². The lowest BCUT2D eigenvalue weighted by Gasteiger charge is -2.17. The molecule has 0 atom stereocenters. The molecule has 11 heteroatoms. The lowest BCUT2D eigenvalue weighted by Crippen LogP contribution is -2.41. The fourth-order valence-electron chi connectivity index (χ4n) is 3.50. The molecule has 3 aromatic rings. The third-order valence-electron chi connectivity index (χ3n) is 5.11. The fraction of sp³-hybridized carbons (Fsp3) is 0.190. The Morgan fingerprint density at radius 3 is 2.34 bits per heavy atom. The second-order valence-corrected chi connectivity index (χ2v) is 11.8. The van der Waals surface area contributed by atoms with Crippen LogP contribution in [0.2, 0.25) is 0 Å². The van der Waals surface area contributed by atoms with Crippen molar-refractivity contribution >= 4 is 43.0 Å². The monoisotopic (exact) mass is 491 g/mol. The summed E-state index contributed by atoms with van der Waals surface area (Å²) in [7, 11) is -7.87. The molecule has 0 saturated carbocycles. The van der Waals surface area contributed by atoms with E-state index in [9.17, 15) is 21.6 Å². The maximum atomic E-state index is 12.7. The third-order valence-corrected chi connectivity index (χ3v) is 9.11. The van der Waals surface area contributed by atoms with Gasteiger partial charge in [-0.15, -0.1) is 16.2 Å². The Labute approximate surface area is 190 Å². The average Bonchev–Trinajstić information content (AvgIpc) is 3.33. The van der Waals surface area contributed by atoms with Crippen molar-refractivity contribution in [3.8, 4) is 0 Å². The minimum absolute atomic E-state index is 0.0271. The molecule has 0 unspecified atom stereocenters. The zero-order valence-corrected chi connectivity index (χ0v) is 19.3. The van der Waals surface area contributed by atoms with Gasteiger partial charge in [0.1, 0.15) is 4.21 Å². The molecule has 0 aliphatic heterocycles. The van der Waals surface area contributed by atoms with Gasteiger partial charge in [0.2, 0.25) is 0 Å². The number of para-hydroxylation sites is 1. The highest BCUT2D eigenvalue weighted by molar-refractivity contribution is 7.94. The Bertz CT molecular complexity index is 1350. The maximum Gasteiger partial charge on any atom is 0.271 e. The molecule has 0 radical (unpaired) electrons. The number of carbonyl (C=O) groups is 1. The van der Waals surface area contributed by atoms with Crippen LogP contribution in [0.5, 0.6) is 0 Å². The zero-order chi connectivity index (χ0) is 22.8. The van der Waals surface area contributed by atoms with Gasteiger partial charge in [-0.3, -0.25) is 14.9 Å². The smallest absolute Gasteiger partial charge is 0.271 e. The minimum Gasteiger partial charge on any atom is -0.278 e. The van der Waals surface area contributed by atoms with Gasteiger partial charge >= 0.3 is 0 Å². The van der Waals surface area contributed by atoms with E-state index in [1.165, 1.54) is 24.3 Å². The van der Waals surface area contributed by atoms with Crippen LogP contribution in [0.15, 0.2) is 69.1 Å². The molecular weight excluding hydrogens is 470 g/mol. The first-order chi connectivity index (χ1) is 15.3. The van der Waals surface area contributed by atoms with Crippen LogP contribution in [0.25, 0.3) is 0 Å². The Kier molecular flexibility index (Phi) is 6.33. The van der Waals surface area contributed by atoms with E-state index in [1.54, 1.807) is 35.7 Å². The molecule has 8 nitrogen and oxygen atoms in total. The molecule has 1 heterocycles. The summed E-state index contributed by atoms with van der Waals surface area (Å²) < 4.78 is 52.9. The number of sulfonamides is 2. The first kappa shape index (κ1) is 22.5. The van der Waals surface area contributed by atoms with Gasteiger partial charge in [-0.1, -0.05) is 24.3 Å². The summed E-state index contributed by atoms with van der Waals surface area (Å²) in [6.07, 6.45) is 3.85. The van der Waals surface area contributed by atoms with Crippen LogP contribution < -0.4 is 15.0 Å². The minimum atomic E-state index is -4.00. The molecule has 0 spiro atoms. The zero-order valence-electron chi connectivity index (χ0n) is 16.9. The summed E-state index contributed by atoms with van der Waals surface area (Å²) in [5, 5.41) is 1.63. The first-order valence-electron chi connectivity index (χ1n) is 9.85. The van der Waals surface area contributed by atoms with Crippen LogP contribution in [-0.4, -0.2) is 22.7 Å². The van der Waals surface area contributed by atoms with E-state index in [0.29, 0.717) is 0 Å². The molecule has 0 fully saturated rings. The molecule has 1 amide bonds. The lowest BCUT2D eigenvalue weighted by atomic mass is 9.92. The number of thiophene rings is 1. The van der Waals surface area contributed by atoms with Crippen molar-refractivity contribution in [2.45, 2.75) is 34.8 Å². The van der Waals surface area contributed by atoms with Crippen LogP contribution >= 0.6 is 11.3 Å². The van der Waals surface area contributed by atoms with Crippen LogP contribution in [0, 0.1) is 0 Å². The predicted octanol–water partition coefficient (Wildman–Crippen LogP) is 3.05. The van der Waals surface area contributed by atoms with Crippen LogP contribution in [-0.2, 0) is 32.9 Å². The van der Waals surface area contributed by atoms with Crippen molar-refractivity contribution in [3.05, 3.63) is 76.7 Å². The number of hydrazine groups is 1. The number of fused-ring (bicyclic) bond motifs is 1. The number of anilines is 1. The molecule has 4 rings (SSSR count). The number of hydrogen-bond donors (Lipinski definition) is 3. The van der Waals surface area contributed by atoms with E-state index < -0.39 is 26.0 Å². The summed E-state index contributed by atoms with van der Waals surface area (Å²) in [6.45, 7) is 0. The quantitative estimate of drug-likeness (QED) is 0.439. The number of hydrogen-bond acceptors (Lipinski definition) is 6. The number of rotatable bonds is 7. The molecular formula is C21H21N3O5S3. The normalized spacial score (nSPS) is 13.9. The average molecular weight is 492 g/mol. The topological polar surface area (TPSA) is 121 Å². The second-order valence-electron chi connectivity index (χ2n) is 7.28. The molecule has 2 aromatic carbocycles.